The lowest BCUT2D eigenvalue weighted by molar-refractivity contribution is -0.117. The van der Waals surface area contributed by atoms with Crippen LogP contribution in [0.25, 0.3) is 0 Å². The molecular weight excluding hydrogens is 310 g/mol. The summed E-state index contributed by atoms with van der Waals surface area (Å²) in [7, 11) is 0. The molecule has 0 bridgehead atoms. The predicted molar refractivity (Wildman–Crippen MR) is 93.4 cm³/mol. The van der Waals surface area contributed by atoms with Gasteiger partial charge < -0.3 is 4.90 Å². The Kier molecular flexibility index (Phi) is 4.44. The van der Waals surface area contributed by atoms with E-state index in [0.29, 0.717) is 16.6 Å². The van der Waals surface area contributed by atoms with Gasteiger partial charge in [0.25, 0.3) is 0 Å². The lowest BCUT2D eigenvalue weighted by Crippen LogP contribution is -2.39. The Hall–Kier alpha value is -2.20. The molecule has 2 heterocycles. The highest BCUT2D eigenvalue weighted by atomic mass is 35.5. The average molecular weight is 328 g/mol. The van der Waals surface area contributed by atoms with Crippen molar-refractivity contribution in [1.29, 1.82) is 0 Å². The van der Waals surface area contributed by atoms with Gasteiger partial charge in [-0.3, -0.25) is 9.79 Å². The zero-order chi connectivity index (χ0) is 16.4. The van der Waals surface area contributed by atoms with Crippen molar-refractivity contribution in [3.8, 4) is 0 Å². The molecule has 5 heteroatoms. The van der Waals surface area contributed by atoms with E-state index in [-0.39, 0.29) is 18.5 Å². The van der Waals surface area contributed by atoms with E-state index >= 15 is 0 Å². The summed E-state index contributed by atoms with van der Waals surface area (Å²) in [4.78, 5) is 23.4. The van der Waals surface area contributed by atoms with Crippen molar-refractivity contribution in [3.05, 3.63) is 58.9 Å². The fourth-order valence-corrected chi connectivity index (χ4v) is 2.87. The first kappa shape index (κ1) is 15.7. The van der Waals surface area contributed by atoms with Crippen molar-refractivity contribution >= 4 is 28.9 Å². The average Bonchev–Trinajstić information content (AvgIpc) is 2.71. The minimum atomic E-state index is -0.0179. The maximum atomic E-state index is 12.6. The first-order chi connectivity index (χ1) is 11.1. The van der Waals surface area contributed by atoms with Gasteiger partial charge in [-0.05, 0) is 25.5 Å². The molecule has 1 aliphatic rings. The quantitative estimate of drug-likeness (QED) is 0.807. The summed E-state index contributed by atoms with van der Waals surface area (Å²) in [5, 5.41) is 0.394. The fraction of sp³-hybridized carbons (Fsp3) is 0.278. The van der Waals surface area contributed by atoms with Crippen molar-refractivity contribution in [2.45, 2.75) is 26.3 Å². The molecule has 1 amide bonds. The first-order valence-electron chi connectivity index (χ1n) is 7.70. The van der Waals surface area contributed by atoms with Crippen molar-refractivity contribution in [2.75, 3.05) is 11.4 Å². The van der Waals surface area contributed by atoms with Gasteiger partial charge in [0.2, 0.25) is 5.91 Å². The second-order valence-corrected chi connectivity index (χ2v) is 5.94. The van der Waals surface area contributed by atoms with Crippen molar-refractivity contribution in [2.24, 2.45) is 4.99 Å². The Bertz CT molecular complexity index is 758. The highest BCUT2D eigenvalue weighted by molar-refractivity contribution is 6.30. The van der Waals surface area contributed by atoms with Gasteiger partial charge >= 0.3 is 0 Å². The topological polar surface area (TPSA) is 45.6 Å². The molecule has 118 valence electrons. The lowest BCUT2D eigenvalue weighted by Gasteiger charge is -2.28. The smallest absolute Gasteiger partial charge is 0.248 e. The van der Waals surface area contributed by atoms with Crippen LogP contribution >= 0.6 is 11.6 Å². The molecule has 1 aromatic carbocycles. The number of fused-ring (bicyclic) bond motifs is 1. The van der Waals surface area contributed by atoms with E-state index in [2.05, 4.69) is 16.9 Å². The minimum Gasteiger partial charge on any atom is -0.306 e. The van der Waals surface area contributed by atoms with E-state index in [1.54, 1.807) is 11.0 Å². The van der Waals surface area contributed by atoms with Crippen LogP contribution in [0.4, 0.5) is 5.69 Å². The minimum absolute atomic E-state index is 0.0179. The normalized spacial score (nSPS) is 15.7. The molecule has 1 atom stereocenters. The lowest BCUT2D eigenvalue weighted by atomic mass is 10.0. The number of halogens is 1. The van der Waals surface area contributed by atoms with Crippen LogP contribution in [0, 0.1) is 0 Å². The Labute approximate surface area is 140 Å². The van der Waals surface area contributed by atoms with E-state index in [0.717, 1.165) is 17.7 Å². The monoisotopic (exact) mass is 327 g/mol. The Morgan fingerprint density at radius 2 is 1.96 bits per heavy atom. The Morgan fingerprint density at radius 3 is 2.65 bits per heavy atom. The third-order valence-electron chi connectivity index (χ3n) is 4.04. The molecular formula is C18H18ClN3O. The Balaban J connectivity index is 2.20. The molecule has 4 nitrogen and oxygen atoms in total. The SMILES string of the molecule is CCC(C)N1C(=O)CN=C(c2ccccc2)c2nc(Cl)ccc21. The second kappa shape index (κ2) is 6.50. The summed E-state index contributed by atoms with van der Waals surface area (Å²) >= 11 is 6.11. The molecule has 2 aromatic rings. The van der Waals surface area contributed by atoms with E-state index < -0.39 is 0 Å². The number of anilines is 1. The molecule has 3 rings (SSSR count). The molecule has 0 saturated carbocycles. The number of carbonyl (C=O) groups excluding carboxylic acids is 1. The number of pyridine rings is 1. The standard InChI is InChI=1S/C18H18ClN3O/c1-3-12(2)22-14-9-10-15(19)21-18(14)17(20-11-16(22)23)13-7-5-4-6-8-13/h4-10,12H,3,11H2,1-2H3. The third kappa shape index (κ3) is 2.99. The van der Waals surface area contributed by atoms with Gasteiger partial charge in [-0.1, -0.05) is 48.9 Å². The summed E-state index contributed by atoms with van der Waals surface area (Å²) in [6, 6.07) is 13.4. The van der Waals surface area contributed by atoms with Crippen molar-refractivity contribution in [3.63, 3.8) is 0 Å². The largest absolute Gasteiger partial charge is 0.306 e. The maximum Gasteiger partial charge on any atom is 0.248 e. The number of benzene rings is 1. The van der Waals surface area contributed by atoms with Gasteiger partial charge in [-0.25, -0.2) is 4.98 Å². The Morgan fingerprint density at radius 1 is 1.22 bits per heavy atom. The summed E-state index contributed by atoms with van der Waals surface area (Å²) in [6.07, 6.45) is 0.856. The molecule has 0 aliphatic carbocycles. The zero-order valence-corrected chi connectivity index (χ0v) is 13.9. The number of rotatable bonds is 3. The van der Waals surface area contributed by atoms with Crippen LogP contribution in [0.15, 0.2) is 47.5 Å². The van der Waals surface area contributed by atoms with Gasteiger partial charge in [-0.15, -0.1) is 0 Å². The summed E-state index contributed by atoms with van der Waals surface area (Å²) in [5.74, 6) is -0.0179. The van der Waals surface area contributed by atoms with Crippen molar-refractivity contribution < 1.29 is 4.79 Å². The van der Waals surface area contributed by atoms with Crippen LogP contribution in [-0.4, -0.2) is 29.2 Å². The molecule has 0 saturated heterocycles. The molecule has 1 unspecified atom stereocenters. The number of carbonyl (C=O) groups is 1. The van der Waals surface area contributed by atoms with E-state index in [1.807, 2.05) is 43.3 Å². The van der Waals surface area contributed by atoms with Gasteiger partial charge in [0.05, 0.1) is 11.4 Å². The molecule has 0 spiro atoms. The number of aromatic nitrogens is 1. The molecule has 1 aliphatic heterocycles. The van der Waals surface area contributed by atoms with Gasteiger partial charge in [0.1, 0.15) is 17.4 Å². The molecule has 1 aromatic heterocycles. The van der Waals surface area contributed by atoms with Crippen LogP contribution in [0.5, 0.6) is 0 Å². The second-order valence-electron chi connectivity index (χ2n) is 5.55. The predicted octanol–water partition coefficient (Wildman–Crippen LogP) is 3.72. The number of amides is 1. The van der Waals surface area contributed by atoms with Crippen LogP contribution in [0.3, 0.4) is 0 Å². The molecule has 0 radical (unpaired) electrons. The highest BCUT2D eigenvalue weighted by Gasteiger charge is 2.29. The van der Waals surface area contributed by atoms with Crippen LogP contribution < -0.4 is 4.90 Å². The molecule has 0 N–H and O–H groups in total. The number of nitrogens with zero attached hydrogens (tertiary/aromatic N) is 3. The molecule has 23 heavy (non-hydrogen) atoms. The van der Waals surface area contributed by atoms with Gasteiger partial charge in [0, 0.05) is 11.6 Å². The third-order valence-corrected chi connectivity index (χ3v) is 4.25. The summed E-state index contributed by atoms with van der Waals surface area (Å²) in [6.45, 7) is 4.21. The number of aliphatic imine (C=N–C) groups is 1. The maximum absolute atomic E-state index is 12.6. The summed E-state index contributed by atoms with van der Waals surface area (Å²) in [5.41, 5.74) is 3.08. The van der Waals surface area contributed by atoms with Gasteiger partial charge in [0.15, 0.2) is 0 Å². The number of hydrogen-bond donors (Lipinski definition) is 0. The molecule has 0 fully saturated rings. The first-order valence-corrected chi connectivity index (χ1v) is 8.08. The van der Waals surface area contributed by atoms with E-state index in [4.69, 9.17) is 11.6 Å². The van der Waals surface area contributed by atoms with Crippen LogP contribution in [0.1, 0.15) is 31.5 Å². The highest BCUT2D eigenvalue weighted by Crippen LogP contribution is 2.29. The van der Waals surface area contributed by atoms with Gasteiger partial charge in [-0.2, -0.15) is 0 Å². The van der Waals surface area contributed by atoms with E-state index in [9.17, 15) is 4.79 Å². The van der Waals surface area contributed by atoms with E-state index in [1.165, 1.54) is 0 Å². The zero-order valence-electron chi connectivity index (χ0n) is 13.2. The van der Waals surface area contributed by atoms with Crippen LogP contribution in [0.2, 0.25) is 5.15 Å². The van der Waals surface area contributed by atoms with Crippen molar-refractivity contribution in [1.82, 2.24) is 4.98 Å². The number of hydrogen-bond acceptors (Lipinski definition) is 3. The fourth-order valence-electron chi connectivity index (χ4n) is 2.72. The van der Waals surface area contributed by atoms with Crippen LogP contribution in [-0.2, 0) is 4.79 Å². The summed E-state index contributed by atoms with van der Waals surface area (Å²) < 4.78 is 0.